The number of aliphatic hydroxyl groups excluding tert-OH is 3. The number of nitrogens with one attached hydrogen (secondary N) is 1. The van der Waals surface area contributed by atoms with E-state index in [1.165, 1.54) is 51.4 Å². The molecule has 6 aliphatic heterocycles. The maximum absolute atomic E-state index is 9.95. The number of rotatable bonds is 2. The summed E-state index contributed by atoms with van der Waals surface area (Å²) in [7, 11) is 0. The number of hydrogen-bond donors (Lipinski definition) is 5. The van der Waals surface area contributed by atoms with Gasteiger partial charge in [0.05, 0.1) is 25.0 Å². The van der Waals surface area contributed by atoms with E-state index in [9.17, 15) is 10.2 Å². The molecule has 0 saturated carbocycles. The van der Waals surface area contributed by atoms with Crippen LogP contribution in [0.15, 0.2) is 63.0 Å². The van der Waals surface area contributed by atoms with Gasteiger partial charge in [-0.1, -0.05) is 0 Å². The van der Waals surface area contributed by atoms with Crippen molar-refractivity contribution in [2.45, 2.75) is 88.0 Å². The van der Waals surface area contributed by atoms with Crippen LogP contribution in [0.25, 0.3) is 11.2 Å². The van der Waals surface area contributed by atoms with Crippen LogP contribution in [-0.4, -0.2) is 89.0 Å². The Kier molecular flexibility index (Phi) is 7.18. The van der Waals surface area contributed by atoms with Crippen LogP contribution in [0.1, 0.15) is 57.6 Å². The van der Waals surface area contributed by atoms with Crippen LogP contribution in [0.5, 0.6) is 0 Å². The highest BCUT2D eigenvalue weighted by molar-refractivity contribution is 6.01. The quantitative estimate of drug-likeness (QED) is 0.355. The van der Waals surface area contributed by atoms with Gasteiger partial charge in [-0.25, -0.2) is 15.0 Å². The lowest BCUT2D eigenvalue weighted by molar-refractivity contribution is -0.0511. The number of anilines is 1. The maximum atomic E-state index is 9.95. The van der Waals surface area contributed by atoms with Crippen molar-refractivity contribution in [3.05, 3.63) is 48.0 Å². The van der Waals surface area contributed by atoms with Gasteiger partial charge in [0.25, 0.3) is 0 Å². The zero-order valence-corrected chi connectivity index (χ0v) is 23.2. The largest absolute Gasteiger partial charge is 0.394 e. The number of aromatic nitrogens is 4. The molecule has 2 aromatic rings. The molecule has 6 aliphatic rings. The van der Waals surface area contributed by atoms with Gasteiger partial charge >= 0.3 is 0 Å². The Hall–Kier alpha value is -3.78. The maximum Gasteiger partial charge on any atom is 0.167 e. The monoisotopic (exact) mass is 573 g/mol. The minimum atomic E-state index is -1.19. The zero-order valence-electron chi connectivity index (χ0n) is 23.2. The van der Waals surface area contributed by atoms with Gasteiger partial charge < -0.3 is 31.1 Å². The van der Waals surface area contributed by atoms with Gasteiger partial charge in [-0.2, -0.15) is 0 Å². The lowest BCUT2D eigenvalue weighted by Gasteiger charge is -2.16. The molecule has 42 heavy (non-hydrogen) atoms. The van der Waals surface area contributed by atoms with Gasteiger partial charge in [-0.3, -0.25) is 19.5 Å². The van der Waals surface area contributed by atoms with E-state index in [1.807, 2.05) is 0 Å². The third-order valence-corrected chi connectivity index (χ3v) is 8.60. The summed E-state index contributed by atoms with van der Waals surface area (Å²) in [5, 5.41) is 32.3. The number of aliphatic imine (C=N–C) groups is 3. The molecule has 6 N–H and O–H groups in total. The Balaban J connectivity index is 0.000000140. The van der Waals surface area contributed by atoms with Crippen molar-refractivity contribution >= 4 is 34.1 Å². The molecule has 0 amide bonds. The van der Waals surface area contributed by atoms with Gasteiger partial charge in [0, 0.05) is 34.2 Å². The number of ether oxygens (including phenoxy) is 1. The molecule has 0 radical (unpaired) electrons. The van der Waals surface area contributed by atoms with Crippen LogP contribution in [0.2, 0.25) is 0 Å². The molecular weight excluding hydrogens is 538 g/mol. The lowest BCUT2D eigenvalue weighted by atomic mass is 10.0. The van der Waals surface area contributed by atoms with Crippen LogP contribution in [0.4, 0.5) is 5.82 Å². The molecule has 2 saturated heterocycles. The van der Waals surface area contributed by atoms with E-state index in [2.05, 4.69) is 38.5 Å². The normalized spacial score (nSPS) is 31.6. The number of hydrogen-bond acceptors (Lipinski definition) is 12. The van der Waals surface area contributed by atoms with Gasteiger partial charge in [0.1, 0.15) is 30.2 Å². The molecule has 220 valence electrons. The molecule has 13 nitrogen and oxygen atoms in total. The van der Waals surface area contributed by atoms with E-state index >= 15 is 0 Å². The molecule has 0 aromatic carbocycles. The van der Waals surface area contributed by atoms with E-state index in [0.29, 0.717) is 23.2 Å². The average Bonchev–Trinajstić information content (AvgIpc) is 3.82. The van der Waals surface area contributed by atoms with Crippen LogP contribution < -0.4 is 11.1 Å². The SMILES string of the molecule is C1=C2CCC(=N2)C=C2CCC(=CC3=NC(CC3)C3CCC1=N3)N2.Nc1ncnc2c1ncn2[C@@H]1O[C@H](CO)[C@@H](O)[C@H]1O. The minimum Gasteiger partial charge on any atom is -0.394 e. The fraction of sp³-hybridized carbons (Fsp3) is 0.517. The van der Waals surface area contributed by atoms with E-state index in [1.54, 1.807) is 0 Å². The zero-order chi connectivity index (χ0) is 28.8. The Bertz CT molecular complexity index is 1570. The van der Waals surface area contributed by atoms with Crippen molar-refractivity contribution in [1.29, 1.82) is 0 Å². The summed E-state index contributed by atoms with van der Waals surface area (Å²) in [6, 6.07) is 0.778. The highest BCUT2D eigenvalue weighted by atomic mass is 16.6. The van der Waals surface area contributed by atoms with Crippen molar-refractivity contribution < 1.29 is 20.1 Å². The first kappa shape index (κ1) is 27.1. The predicted octanol–water partition coefficient (Wildman–Crippen LogP) is 1.50. The van der Waals surface area contributed by atoms with E-state index in [0.717, 1.165) is 51.4 Å². The highest BCUT2D eigenvalue weighted by Crippen LogP contribution is 2.32. The number of allylic oxidation sites excluding steroid dienone is 6. The third-order valence-electron chi connectivity index (χ3n) is 8.60. The second-order valence-electron chi connectivity index (χ2n) is 11.5. The molecule has 8 rings (SSSR count). The van der Waals surface area contributed by atoms with Crippen LogP contribution >= 0.6 is 0 Å². The van der Waals surface area contributed by atoms with E-state index in [4.69, 9.17) is 30.6 Å². The molecule has 0 aliphatic carbocycles. The number of aliphatic hydroxyl groups is 3. The standard InChI is InChI=1S/C19H22N4.C10H13N5O4/c1-3-14-10-16-5-7-18(22-16)19-8-6-17(23-19)11-15-4-2-13(21-15)9-12(1)20-14;11-8-5-9(13-2-12-8)15(3-14-5)10-7(18)6(17)4(1-16)19-10/h9-11,18-20H,1-8H2;2-4,6-7,10,16-18H,1H2,(H2,11,12,13)/t;4-,6-,7-,10-/m.1/s1. The second-order valence-corrected chi connectivity index (χ2v) is 11.5. The summed E-state index contributed by atoms with van der Waals surface area (Å²) >= 11 is 0. The van der Waals surface area contributed by atoms with Crippen LogP contribution in [0.3, 0.4) is 0 Å². The van der Waals surface area contributed by atoms with Crippen molar-refractivity contribution in [3.63, 3.8) is 0 Å². The topological polar surface area (TPSA) is 189 Å². The Morgan fingerprint density at radius 1 is 0.857 bits per heavy atom. The summed E-state index contributed by atoms with van der Waals surface area (Å²) in [5.74, 6) is 0.218. The molecule has 2 fully saturated rings. The molecule has 8 heterocycles. The van der Waals surface area contributed by atoms with E-state index in [-0.39, 0.29) is 5.82 Å². The summed E-state index contributed by atoms with van der Waals surface area (Å²) in [4.78, 5) is 26.6. The first-order valence-corrected chi connectivity index (χ1v) is 14.6. The molecule has 8 bridgehead atoms. The number of fused-ring (bicyclic) bond motifs is 7. The van der Waals surface area contributed by atoms with Crippen molar-refractivity contribution in [3.8, 4) is 0 Å². The molecule has 0 spiro atoms. The fourth-order valence-corrected chi connectivity index (χ4v) is 6.39. The van der Waals surface area contributed by atoms with Crippen LogP contribution in [0, 0.1) is 0 Å². The molecule has 6 atom stereocenters. The Morgan fingerprint density at radius 3 is 2.29 bits per heavy atom. The average molecular weight is 574 g/mol. The Labute approximate surface area is 242 Å². The summed E-state index contributed by atoms with van der Waals surface area (Å²) in [6.45, 7) is -0.390. The van der Waals surface area contributed by atoms with Gasteiger partial charge in [-0.05, 0) is 69.6 Å². The van der Waals surface area contributed by atoms with Crippen molar-refractivity contribution in [2.75, 3.05) is 12.3 Å². The first-order valence-electron chi connectivity index (χ1n) is 14.6. The Morgan fingerprint density at radius 2 is 1.57 bits per heavy atom. The number of nitrogen functional groups attached to an aromatic ring is 1. The summed E-state index contributed by atoms with van der Waals surface area (Å²) < 4.78 is 6.85. The summed E-state index contributed by atoms with van der Waals surface area (Å²) in [6.07, 6.45) is 14.1. The first-order chi connectivity index (χ1) is 20.4. The lowest BCUT2D eigenvalue weighted by Crippen LogP contribution is -2.33. The fourth-order valence-electron chi connectivity index (χ4n) is 6.39. The minimum absolute atomic E-state index is 0.218. The highest BCUT2D eigenvalue weighted by Gasteiger charge is 2.44. The van der Waals surface area contributed by atoms with Crippen LogP contribution in [-0.2, 0) is 4.74 Å². The smallest absolute Gasteiger partial charge is 0.167 e. The van der Waals surface area contributed by atoms with Gasteiger partial charge in [-0.15, -0.1) is 0 Å². The number of imidazole rings is 1. The van der Waals surface area contributed by atoms with Crippen molar-refractivity contribution in [2.24, 2.45) is 15.0 Å². The molecule has 13 heteroatoms. The second kappa shape index (κ2) is 11.1. The third kappa shape index (κ3) is 5.17. The summed E-state index contributed by atoms with van der Waals surface area (Å²) in [5.41, 5.74) is 14.0. The number of nitrogens with zero attached hydrogens (tertiary/aromatic N) is 7. The molecule has 2 aromatic heterocycles. The van der Waals surface area contributed by atoms with Crippen molar-refractivity contribution in [1.82, 2.24) is 24.8 Å². The molecular formula is C29H35N9O4. The molecule has 2 unspecified atom stereocenters. The van der Waals surface area contributed by atoms with Gasteiger partial charge in [0.2, 0.25) is 0 Å². The number of nitrogens with two attached hydrogens (primary N) is 1. The van der Waals surface area contributed by atoms with E-state index < -0.39 is 31.1 Å². The van der Waals surface area contributed by atoms with Gasteiger partial charge in [0.15, 0.2) is 17.7 Å². The predicted molar refractivity (Wildman–Crippen MR) is 157 cm³/mol.